The third kappa shape index (κ3) is 3.26. The van der Waals surface area contributed by atoms with Crippen LogP contribution in [0.1, 0.15) is 37.0 Å². The second kappa shape index (κ2) is 5.61. The van der Waals surface area contributed by atoms with Crippen LogP contribution in [-0.4, -0.2) is 41.2 Å². The lowest BCUT2D eigenvalue weighted by molar-refractivity contribution is 0.0430. The van der Waals surface area contributed by atoms with Crippen molar-refractivity contribution in [2.24, 2.45) is 0 Å². The number of nitrogens with zero attached hydrogens (tertiary/aromatic N) is 1. The predicted octanol–water partition coefficient (Wildman–Crippen LogP) is 2.63. The van der Waals surface area contributed by atoms with Crippen LogP contribution in [-0.2, 0) is 0 Å². The van der Waals surface area contributed by atoms with Gasteiger partial charge in [0.1, 0.15) is 11.9 Å². The molecule has 0 spiro atoms. The van der Waals surface area contributed by atoms with Crippen LogP contribution in [0.15, 0.2) is 24.3 Å². The Bertz CT molecular complexity index is 431. The van der Waals surface area contributed by atoms with Gasteiger partial charge in [0.2, 0.25) is 0 Å². The Morgan fingerprint density at radius 3 is 2.21 bits per heavy atom. The number of likely N-dealkylation sites (tertiary alicyclic amines) is 1. The summed E-state index contributed by atoms with van der Waals surface area (Å²) in [7, 11) is 2.15. The van der Waals surface area contributed by atoms with Gasteiger partial charge in [-0.05, 0) is 58.0 Å². The fraction of sp³-hybridized carbons (Fsp3) is 0.533. The standard InChI is InChI=1S/C15H21NO3/c1-10-8-14(9-11(2)16(10)3)19-13-6-4-12(5-7-13)15(17)18/h4-7,10-11,14H,8-9H2,1-3H3,(H,17,18)/t10-,11+,14+. The Morgan fingerprint density at radius 2 is 1.74 bits per heavy atom. The zero-order valence-electron chi connectivity index (χ0n) is 11.7. The van der Waals surface area contributed by atoms with Gasteiger partial charge in [-0.2, -0.15) is 0 Å². The number of carbonyl (C=O) groups is 1. The van der Waals surface area contributed by atoms with Crippen LogP contribution >= 0.6 is 0 Å². The minimum Gasteiger partial charge on any atom is -0.490 e. The summed E-state index contributed by atoms with van der Waals surface area (Å²) in [6, 6.07) is 7.65. The van der Waals surface area contributed by atoms with Crippen LogP contribution < -0.4 is 4.74 Å². The number of piperidine rings is 1. The van der Waals surface area contributed by atoms with Crippen molar-refractivity contribution >= 4 is 5.97 Å². The maximum Gasteiger partial charge on any atom is 0.335 e. The van der Waals surface area contributed by atoms with Gasteiger partial charge in [-0.1, -0.05) is 0 Å². The molecule has 19 heavy (non-hydrogen) atoms. The van der Waals surface area contributed by atoms with E-state index in [1.165, 1.54) is 0 Å². The van der Waals surface area contributed by atoms with Crippen molar-refractivity contribution in [3.8, 4) is 5.75 Å². The average Bonchev–Trinajstić information content (AvgIpc) is 2.36. The van der Waals surface area contributed by atoms with Crippen LogP contribution in [0.25, 0.3) is 0 Å². The van der Waals surface area contributed by atoms with Crippen LogP contribution in [0.3, 0.4) is 0 Å². The maximum absolute atomic E-state index is 10.8. The smallest absolute Gasteiger partial charge is 0.335 e. The Hall–Kier alpha value is -1.55. The third-order valence-corrected chi connectivity index (χ3v) is 4.00. The number of hydrogen-bond donors (Lipinski definition) is 1. The van der Waals surface area contributed by atoms with Gasteiger partial charge in [-0.3, -0.25) is 0 Å². The molecule has 4 nitrogen and oxygen atoms in total. The number of carboxylic acid groups (broad SMARTS) is 1. The van der Waals surface area contributed by atoms with Gasteiger partial charge in [0.25, 0.3) is 0 Å². The van der Waals surface area contributed by atoms with Gasteiger partial charge >= 0.3 is 5.97 Å². The Morgan fingerprint density at radius 1 is 1.21 bits per heavy atom. The highest BCUT2D eigenvalue weighted by atomic mass is 16.5. The topological polar surface area (TPSA) is 49.8 Å². The summed E-state index contributed by atoms with van der Waals surface area (Å²) in [4.78, 5) is 13.1. The maximum atomic E-state index is 10.8. The first-order chi connectivity index (χ1) is 8.97. The number of ether oxygens (including phenoxy) is 1. The third-order valence-electron chi connectivity index (χ3n) is 4.00. The summed E-state index contributed by atoms with van der Waals surface area (Å²) in [6.07, 6.45) is 2.21. The van der Waals surface area contributed by atoms with E-state index in [1.54, 1.807) is 24.3 Å². The first-order valence-corrected chi connectivity index (χ1v) is 6.69. The summed E-state index contributed by atoms with van der Waals surface area (Å²) in [5.41, 5.74) is 0.289. The van der Waals surface area contributed by atoms with Crippen LogP contribution in [0, 0.1) is 0 Å². The largest absolute Gasteiger partial charge is 0.490 e. The highest BCUT2D eigenvalue weighted by molar-refractivity contribution is 5.87. The van der Waals surface area contributed by atoms with E-state index in [-0.39, 0.29) is 11.7 Å². The van der Waals surface area contributed by atoms with Crippen molar-refractivity contribution in [1.29, 1.82) is 0 Å². The molecule has 1 aromatic rings. The van der Waals surface area contributed by atoms with Crippen molar-refractivity contribution in [2.45, 2.75) is 44.9 Å². The lowest BCUT2D eigenvalue weighted by Crippen LogP contribution is -2.47. The number of carboxylic acids is 1. The molecule has 0 amide bonds. The summed E-state index contributed by atoms with van der Waals surface area (Å²) in [5.74, 6) is -0.160. The Balaban J connectivity index is 1.99. The molecule has 1 fully saturated rings. The average molecular weight is 263 g/mol. The van der Waals surface area contributed by atoms with E-state index in [9.17, 15) is 4.79 Å². The summed E-state index contributed by atoms with van der Waals surface area (Å²) >= 11 is 0. The minimum atomic E-state index is -0.909. The van der Waals surface area contributed by atoms with Crippen LogP contribution in [0.5, 0.6) is 5.75 Å². The summed E-state index contributed by atoms with van der Waals surface area (Å²) < 4.78 is 5.96. The highest BCUT2D eigenvalue weighted by Crippen LogP contribution is 2.25. The molecule has 3 atom stereocenters. The molecule has 1 aliphatic rings. The highest BCUT2D eigenvalue weighted by Gasteiger charge is 2.29. The Kier molecular flexibility index (Phi) is 4.10. The van der Waals surface area contributed by atoms with E-state index in [2.05, 4.69) is 25.8 Å². The van der Waals surface area contributed by atoms with E-state index in [1.807, 2.05) is 0 Å². The lowest BCUT2D eigenvalue weighted by atomic mass is 9.95. The molecule has 1 N–H and O–H groups in total. The van der Waals surface area contributed by atoms with Gasteiger partial charge in [0.05, 0.1) is 5.56 Å². The molecular formula is C15H21NO3. The van der Waals surface area contributed by atoms with E-state index in [0.717, 1.165) is 18.6 Å². The molecule has 1 saturated heterocycles. The van der Waals surface area contributed by atoms with Crippen molar-refractivity contribution in [3.05, 3.63) is 29.8 Å². The van der Waals surface area contributed by atoms with Crippen molar-refractivity contribution in [2.75, 3.05) is 7.05 Å². The van der Waals surface area contributed by atoms with Crippen molar-refractivity contribution in [3.63, 3.8) is 0 Å². The van der Waals surface area contributed by atoms with Crippen LogP contribution in [0.2, 0.25) is 0 Å². The SMILES string of the molecule is C[C@@H]1C[C@H](Oc2ccc(C(=O)O)cc2)C[C@H](C)N1C. The first kappa shape index (κ1) is 13.9. The van der Waals surface area contributed by atoms with Crippen molar-refractivity contribution < 1.29 is 14.6 Å². The lowest BCUT2D eigenvalue weighted by Gasteiger charge is -2.40. The van der Waals surface area contributed by atoms with E-state index in [4.69, 9.17) is 9.84 Å². The summed E-state index contributed by atoms with van der Waals surface area (Å²) in [5, 5.41) is 8.85. The molecule has 2 rings (SSSR count). The molecule has 0 bridgehead atoms. The molecule has 4 heteroatoms. The van der Waals surface area contributed by atoms with Crippen LogP contribution in [0.4, 0.5) is 0 Å². The van der Waals surface area contributed by atoms with Gasteiger partial charge < -0.3 is 14.7 Å². The van der Waals surface area contributed by atoms with Crippen molar-refractivity contribution in [1.82, 2.24) is 4.90 Å². The van der Waals surface area contributed by atoms with E-state index < -0.39 is 5.97 Å². The molecule has 0 aliphatic carbocycles. The molecule has 104 valence electrons. The van der Waals surface area contributed by atoms with E-state index in [0.29, 0.717) is 12.1 Å². The number of rotatable bonds is 3. The van der Waals surface area contributed by atoms with Gasteiger partial charge in [-0.15, -0.1) is 0 Å². The number of aromatic carboxylic acids is 1. The monoisotopic (exact) mass is 263 g/mol. The van der Waals surface area contributed by atoms with E-state index >= 15 is 0 Å². The second-order valence-corrected chi connectivity index (χ2v) is 5.40. The Labute approximate surface area is 114 Å². The first-order valence-electron chi connectivity index (χ1n) is 6.69. The number of hydrogen-bond acceptors (Lipinski definition) is 3. The molecular weight excluding hydrogens is 242 g/mol. The molecule has 1 heterocycles. The molecule has 1 aromatic carbocycles. The molecule has 1 aliphatic heterocycles. The number of benzene rings is 1. The van der Waals surface area contributed by atoms with Gasteiger partial charge in [-0.25, -0.2) is 4.79 Å². The zero-order valence-corrected chi connectivity index (χ0v) is 11.7. The van der Waals surface area contributed by atoms with Gasteiger partial charge in [0, 0.05) is 12.1 Å². The fourth-order valence-corrected chi connectivity index (χ4v) is 2.59. The molecule has 0 radical (unpaired) electrons. The zero-order chi connectivity index (χ0) is 14.0. The quantitative estimate of drug-likeness (QED) is 0.910. The summed E-state index contributed by atoms with van der Waals surface area (Å²) in [6.45, 7) is 4.42. The fourth-order valence-electron chi connectivity index (χ4n) is 2.59. The molecule has 0 unspecified atom stereocenters. The molecule has 0 aromatic heterocycles. The minimum absolute atomic E-state index is 0.205. The van der Waals surface area contributed by atoms with Gasteiger partial charge in [0.15, 0.2) is 0 Å². The predicted molar refractivity (Wildman–Crippen MR) is 73.7 cm³/mol. The second-order valence-electron chi connectivity index (χ2n) is 5.40. The normalized spacial score (nSPS) is 28.1. The molecule has 0 saturated carbocycles.